The number of aromatic hydroxyl groups is 1. The minimum atomic E-state index is -0.949. The first-order chi connectivity index (χ1) is 16.5. The molecule has 1 aliphatic heterocycles. The lowest BCUT2D eigenvalue weighted by atomic mass is 9.95. The van der Waals surface area contributed by atoms with E-state index in [1.807, 2.05) is 42.5 Å². The number of hydrogen-bond acceptors (Lipinski definition) is 5. The van der Waals surface area contributed by atoms with Crippen LogP contribution < -0.4 is 4.90 Å². The van der Waals surface area contributed by atoms with Gasteiger partial charge in [0.05, 0.1) is 22.6 Å². The van der Waals surface area contributed by atoms with Crippen molar-refractivity contribution in [2.24, 2.45) is 0 Å². The summed E-state index contributed by atoms with van der Waals surface area (Å²) in [5, 5.41) is 21.9. The maximum Gasteiger partial charge on any atom is 0.302 e. The Kier molecular flexibility index (Phi) is 4.28. The Morgan fingerprint density at radius 3 is 2.38 bits per heavy atom. The number of phenolic OH excluding ortho intramolecular Hbond substituents is 1. The van der Waals surface area contributed by atoms with Gasteiger partial charge in [-0.15, -0.1) is 0 Å². The van der Waals surface area contributed by atoms with Gasteiger partial charge in [0.15, 0.2) is 0 Å². The molecule has 8 heteroatoms. The molecule has 3 aromatic carbocycles. The number of amides is 1. The van der Waals surface area contributed by atoms with Crippen molar-refractivity contribution in [2.45, 2.75) is 6.04 Å². The average molecular weight is 450 g/mol. The first-order valence-corrected chi connectivity index (χ1v) is 10.6. The van der Waals surface area contributed by atoms with Gasteiger partial charge >= 0.3 is 5.91 Å². The van der Waals surface area contributed by atoms with Crippen LogP contribution in [0.2, 0.25) is 0 Å². The third-order valence-corrected chi connectivity index (χ3v) is 6.10. The molecule has 1 aliphatic rings. The fourth-order valence-corrected chi connectivity index (χ4v) is 4.49. The van der Waals surface area contributed by atoms with Crippen LogP contribution in [0.1, 0.15) is 17.2 Å². The SMILES string of the molecule is O=C1C(=O)N(c2nc3ccccc3[nH]2)C(c2ccc(O)cc2)/C1=C(\O)c1c[nH]c2ccccc12. The van der Waals surface area contributed by atoms with Crippen molar-refractivity contribution < 1.29 is 19.8 Å². The Labute approximate surface area is 192 Å². The molecule has 6 rings (SSSR count). The average Bonchev–Trinajstić information content (AvgIpc) is 3.54. The van der Waals surface area contributed by atoms with Crippen molar-refractivity contribution in [1.29, 1.82) is 0 Å². The number of para-hydroxylation sites is 3. The number of carbonyl (C=O) groups is 2. The smallest absolute Gasteiger partial charge is 0.302 e. The Morgan fingerprint density at radius 1 is 0.912 bits per heavy atom. The molecule has 0 radical (unpaired) electrons. The van der Waals surface area contributed by atoms with Crippen molar-refractivity contribution in [2.75, 3.05) is 4.90 Å². The number of carbonyl (C=O) groups excluding carboxylic acids is 2. The number of nitrogens with one attached hydrogen (secondary N) is 2. The van der Waals surface area contributed by atoms with E-state index in [1.54, 1.807) is 24.4 Å². The minimum Gasteiger partial charge on any atom is -0.508 e. The second kappa shape index (κ2) is 7.35. The summed E-state index contributed by atoms with van der Waals surface area (Å²) in [7, 11) is 0. The molecule has 2 aromatic heterocycles. The Bertz CT molecular complexity index is 1590. The molecule has 1 saturated heterocycles. The Morgan fingerprint density at radius 2 is 1.62 bits per heavy atom. The lowest BCUT2D eigenvalue weighted by Crippen LogP contribution is -2.30. The summed E-state index contributed by atoms with van der Waals surface area (Å²) in [5.41, 5.74) is 3.04. The molecular formula is C26H18N4O4. The van der Waals surface area contributed by atoms with Gasteiger partial charge in [-0.25, -0.2) is 4.98 Å². The molecule has 166 valence electrons. The van der Waals surface area contributed by atoms with Gasteiger partial charge in [-0.05, 0) is 35.9 Å². The number of ketones is 1. The van der Waals surface area contributed by atoms with Gasteiger partial charge in [-0.1, -0.05) is 42.5 Å². The highest BCUT2D eigenvalue weighted by Crippen LogP contribution is 2.42. The standard InChI is InChI=1S/C26H18N4O4/c31-15-11-9-14(10-12-15)22-21(23(32)17-13-27-18-6-2-1-5-16(17)18)24(33)25(34)30(22)26-28-19-7-3-4-8-20(19)29-26/h1-13,22,27,31-32H,(H,28,29)/b23-21+. The van der Waals surface area contributed by atoms with Gasteiger partial charge in [-0.2, -0.15) is 0 Å². The number of rotatable bonds is 3. The number of aromatic nitrogens is 3. The maximum atomic E-state index is 13.3. The number of aromatic amines is 2. The number of imidazole rings is 1. The maximum absolute atomic E-state index is 13.3. The van der Waals surface area contributed by atoms with Crippen LogP contribution in [0.15, 0.2) is 84.6 Å². The fourth-order valence-electron chi connectivity index (χ4n) is 4.49. The van der Waals surface area contributed by atoms with Crippen LogP contribution in [-0.4, -0.2) is 36.9 Å². The zero-order valence-electron chi connectivity index (χ0n) is 17.7. The largest absolute Gasteiger partial charge is 0.508 e. The van der Waals surface area contributed by atoms with Crippen molar-refractivity contribution >= 4 is 45.3 Å². The quantitative estimate of drug-likeness (QED) is 0.185. The normalized spacial score (nSPS) is 17.8. The van der Waals surface area contributed by atoms with Crippen LogP contribution in [0.5, 0.6) is 5.75 Å². The van der Waals surface area contributed by atoms with Gasteiger partial charge in [0.1, 0.15) is 11.5 Å². The molecule has 4 N–H and O–H groups in total. The summed E-state index contributed by atoms with van der Waals surface area (Å²) < 4.78 is 0. The molecular weight excluding hydrogens is 432 g/mol. The third kappa shape index (κ3) is 2.89. The van der Waals surface area contributed by atoms with Gasteiger partial charge < -0.3 is 20.2 Å². The molecule has 3 heterocycles. The van der Waals surface area contributed by atoms with Gasteiger partial charge in [0.2, 0.25) is 5.95 Å². The molecule has 5 aromatic rings. The molecule has 34 heavy (non-hydrogen) atoms. The number of aliphatic hydroxyl groups is 1. The number of nitrogens with zero attached hydrogens (tertiary/aromatic N) is 2. The van der Waals surface area contributed by atoms with Crippen LogP contribution in [-0.2, 0) is 9.59 Å². The highest BCUT2D eigenvalue weighted by Gasteiger charge is 2.48. The highest BCUT2D eigenvalue weighted by atomic mass is 16.3. The summed E-state index contributed by atoms with van der Waals surface area (Å²) in [6.45, 7) is 0. The number of benzene rings is 3. The zero-order chi connectivity index (χ0) is 23.4. The van der Waals surface area contributed by atoms with Gasteiger partial charge in [-0.3, -0.25) is 14.5 Å². The summed E-state index contributed by atoms with van der Waals surface area (Å²) in [6.07, 6.45) is 1.61. The second-order valence-corrected chi connectivity index (χ2v) is 8.09. The van der Waals surface area contributed by atoms with Crippen LogP contribution in [0.25, 0.3) is 27.7 Å². The summed E-state index contributed by atoms with van der Waals surface area (Å²) in [6, 6.07) is 19.9. The van der Waals surface area contributed by atoms with Crippen LogP contribution in [0, 0.1) is 0 Å². The number of hydrogen-bond donors (Lipinski definition) is 4. The Balaban J connectivity index is 1.60. The van der Waals surface area contributed by atoms with E-state index in [2.05, 4.69) is 15.0 Å². The lowest BCUT2D eigenvalue weighted by Gasteiger charge is -2.23. The second-order valence-electron chi connectivity index (χ2n) is 8.09. The number of aliphatic hydroxyl groups excluding tert-OH is 1. The van der Waals surface area contributed by atoms with Crippen LogP contribution in [0.4, 0.5) is 5.95 Å². The minimum absolute atomic E-state index is 0.0427. The molecule has 1 amide bonds. The molecule has 0 saturated carbocycles. The number of phenols is 1. The number of anilines is 1. The van der Waals surface area contributed by atoms with Crippen molar-refractivity contribution in [3.05, 3.63) is 95.7 Å². The molecule has 0 spiro atoms. The number of H-pyrrole nitrogens is 2. The van der Waals surface area contributed by atoms with Crippen molar-refractivity contribution in [1.82, 2.24) is 15.0 Å². The van der Waals surface area contributed by atoms with E-state index in [0.717, 1.165) is 10.9 Å². The molecule has 8 nitrogen and oxygen atoms in total. The van der Waals surface area contributed by atoms with Crippen LogP contribution in [0.3, 0.4) is 0 Å². The van der Waals surface area contributed by atoms with Crippen LogP contribution >= 0.6 is 0 Å². The molecule has 0 bridgehead atoms. The van der Waals surface area contributed by atoms with E-state index in [4.69, 9.17) is 0 Å². The van der Waals surface area contributed by atoms with Crippen molar-refractivity contribution in [3.63, 3.8) is 0 Å². The molecule has 0 aliphatic carbocycles. The van der Waals surface area contributed by atoms with Gasteiger partial charge in [0.25, 0.3) is 5.78 Å². The first kappa shape index (κ1) is 19.8. The fraction of sp³-hybridized carbons (Fsp3) is 0.0385. The Hall–Kier alpha value is -4.85. The molecule has 1 fully saturated rings. The number of fused-ring (bicyclic) bond motifs is 2. The van der Waals surface area contributed by atoms with E-state index in [-0.39, 0.29) is 23.0 Å². The summed E-state index contributed by atoms with van der Waals surface area (Å²) >= 11 is 0. The summed E-state index contributed by atoms with van der Waals surface area (Å²) in [5.74, 6) is -1.67. The van der Waals surface area contributed by atoms with E-state index in [0.29, 0.717) is 22.2 Å². The lowest BCUT2D eigenvalue weighted by molar-refractivity contribution is -0.132. The third-order valence-electron chi connectivity index (χ3n) is 6.10. The monoisotopic (exact) mass is 450 g/mol. The van der Waals surface area contributed by atoms with Crippen molar-refractivity contribution in [3.8, 4) is 5.75 Å². The zero-order valence-corrected chi connectivity index (χ0v) is 17.7. The first-order valence-electron chi connectivity index (χ1n) is 10.6. The predicted octanol–water partition coefficient (Wildman–Crippen LogP) is 4.38. The molecule has 1 atom stereocenters. The van der Waals surface area contributed by atoms with Gasteiger partial charge in [0, 0.05) is 22.7 Å². The molecule has 1 unspecified atom stereocenters. The van der Waals surface area contributed by atoms with E-state index >= 15 is 0 Å². The topological polar surface area (TPSA) is 122 Å². The van der Waals surface area contributed by atoms with E-state index < -0.39 is 17.7 Å². The van der Waals surface area contributed by atoms with E-state index in [9.17, 15) is 19.8 Å². The number of Topliss-reactive ketones (excluding diaryl/α,β-unsaturated/α-hetero) is 1. The van der Waals surface area contributed by atoms with E-state index in [1.165, 1.54) is 17.0 Å². The summed E-state index contributed by atoms with van der Waals surface area (Å²) in [4.78, 5) is 38.6. The predicted molar refractivity (Wildman–Crippen MR) is 127 cm³/mol. The highest BCUT2D eigenvalue weighted by molar-refractivity contribution is 6.51.